The van der Waals surface area contributed by atoms with Crippen molar-refractivity contribution in [2.75, 3.05) is 13.2 Å². The van der Waals surface area contributed by atoms with Crippen molar-refractivity contribution in [3.63, 3.8) is 0 Å². The number of aliphatic hydroxyl groups is 1. The Balaban J connectivity index is 2.31. The normalized spacial score (nSPS) is 25.6. The molecule has 6 nitrogen and oxygen atoms in total. The summed E-state index contributed by atoms with van der Waals surface area (Å²) in [6.07, 6.45) is 4.71. The summed E-state index contributed by atoms with van der Waals surface area (Å²) in [7, 11) is 0. The number of hydrogen-bond acceptors (Lipinski definition) is 5. The van der Waals surface area contributed by atoms with Gasteiger partial charge in [-0.15, -0.1) is 0 Å². The summed E-state index contributed by atoms with van der Waals surface area (Å²) in [6, 6.07) is 0. The first kappa shape index (κ1) is 15.2. The molecule has 0 bridgehead atoms. The predicted molar refractivity (Wildman–Crippen MR) is 66.2 cm³/mol. The number of rotatable bonds is 7. The fourth-order valence-electron chi connectivity index (χ4n) is 1.76. The van der Waals surface area contributed by atoms with E-state index in [2.05, 4.69) is 4.74 Å². The van der Waals surface area contributed by atoms with Gasteiger partial charge in [0, 0.05) is 6.08 Å². The molecule has 6 heteroatoms. The van der Waals surface area contributed by atoms with Gasteiger partial charge in [-0.05, 0) is 26.3 Å². The van der Waals surface area contributed by atoms with Crippen LogP contribution < -0.4 is 0 Å². The van der Waals surface area contributed by atoms with Gasteiger partial charge >= 0.3 is 11.9 Å². The van der Waals surface area contributed by atoms with E-state index in [0.29, 0.717) is 13.0 Å². The van der Waals surface area contributed by atoms with Gasteiger partial charge in [-0.3, -0.25) is 4.79 Å². The average Bonchev–Trinajstić information content (AvgIpc) is 2.26. The van der Waals surface area contributed by atoms with Crippen LogP contribution in [0.15, 0.2) is 24.0 Å². The number of carboxylic acid groups (broad SMARTS) is 1. The maximum Gasteiger partial charge on any atom is 0.330 e. The maximum absolute atomic E-state index is 11.0. The van der Waals surface area contributed by atoms with E-state index in [1.54, 1.807) is 13.0 Å². The quantitative estimate of drug-likeness (QED) is 0.405. The van der Waals surface area contributed by atoms with Crippen LogP contribution in [-0.2, 0) is 19.1 Å². The van der Waals surface area contributed by atoms with E-state index < -0.39 is 23.5 Å². The van der Waals surface area contributed by atoms with Gasteiger partial charge in [-0.25, -0.2) is 4.79 Å². The molecule has 0 fully saturated rings. The number of ether oxygens (including phenoxy) is 2. The highest BCUT2D eigenvalue weighted by Gasteiger charge is 2.48. The molecule has 0 saturated heterocycles. The first-order valence-corrected chi connectivity index (χ1v) is 6.02. The molecule has 0 saturated carbocycles. The van der Waals surface area contributed by atoms with Crippen LogP contribution in [0.1, 0.15) is 20.3 Å². The van der Waals surface area contributed by atoms with E-state index in [4.69, 9.17) is 9.84 Å². The van der Waals surface area contributed by atoms with E-state index >= 15 is 0 Å². The van der Waals surface area contributed by atoms with Crippen molar-refractivity contribution in [3.8, 4) is 0 Å². The Morgan fingerprint density at radius 1 is 1.53 bits per heavy atom. The first-order chi connectivity index (χ1) is 8.88. The lowest BCUT2D eigenvalue weighted by atomic mass is 9.77. The number of hydrogen-bond donors (Lipinski definition) is 2. The Kier molecular flexibility index (Phi) is 5.11. The van der Waals surface area contributed by atoms with Crippen LogP contribution in [0, 0.1) is 5.92 Å². The highest BCUT2D eigenvalue weighted by molar-refractivity contribution is 5.81. The molecule has 1 aliphatic rings. The van der Waals surface area contributed by atoms with E-state index in [9.17, 15) is 14.7 Å². The third-order valence-electron chi connectivity index (χ3n) is 2.64. The van der Waals surface area contributed by atoms with Crippen molar-refractivity contribution in [3.05, 3.63) is 24.0 Å². The van der Waals surface area contributed by atoms with Gasteiger partial charge in [-0.1, -0.05) is 6.08 Å². The Morgan fingerprint density at radius 2 is 2.21 bits per heavy atom. The number of esters is 1. The van der Waals surface area contributed by atoms with Crippen molar-refractivity contribution in [2.45, 2.75) is 25.9 Å². The lowest BCUT2D eigenvalue weighted by Crippen LogP contribution is -2.47. The lowest BCUT2D eigenvalue weighted by molar-refractivity contribution is -0.151. The second-order valence-electron chi connectivity index (χ2n) is 4.34. The minimum absolute atomic E-state index is 0.238. The molecule has 0 amide bonds. The monoisotopic (exact) mass is 270 g/mol. The van der Waals surface area contributed by atoms with Gasteiger partial charge in [0.25, 0.3) is 0 Å². The van der Waals surface area contributed by atoms with Crippen LogP contribution in [0.2, 0.25) is 0 Å². The van der Waals surface area contributed by atoms with Gasteiger partial charge < -0.3 is 19.7 Å². The summed E-state index contributed by atoms with van der Waals surface area (Å²) in [6.45, 7) is 3.69. The molecule has 1 rings (SSSR count). The van der Waals surface area contributed by atoms with Crippen LogP contribution in [0.5, 0.6) is 0 Å². The smallest absolute Gasteiger partial charge is 0.330 e. The zero-order valence-electron chi connectivity index (χ0n) is 11.0. The van der Waals surface area contributed by atoms with E-state index in [0.717, 1.165) is 0 Å². The summed E-state index contributed by atoms with van der Waals surface area (Å²) in [5.74, 6) is -2.31. The minimum atomic E-state index is -1.36. The van der Waals surface area contributed by atoms with Gasteiger partial charge in [0.1, 0.15) is 17.3 Å². The summed E-state index contributed by atoms with van der Waals surface area (Å²) in [5.41, 5.74) is -1.36. The molecule has 0 spiro atoms. The fraction of sp³-hybridized carbons (Fsp3) is 0.538. The van der Waals surface area contributed by atoms with Gasteiger partial charge in [-0.2, -0.15) is 0 Å². The SMILES string of the molecule is CCOC(=O)/C=C/CCOC1=CC(C)(O)C1C(=O)O. The topological polar surface area (TPSA) is 93.1 Å². The van der Waals surface area contributed by atoms with Crippen LogP contribution in [0.25, 0.3) is 0 Å². The minimum Gasteiger partial charge on any atom is -0.497 e. The molecular formula is C13H18O6. The lowest BCUT2D eigenvalue weighted by Gasteiger charge is -2.37. The second kappa shape index (κ2) is 6.38. The molecule has 1 aliphatic carbocycles. The van der Waals surface area contributed by atoms with Crippen molar-refractivity contribution < 1.29 is 29.3 Å². The molecule has 2 atom stereocenters. The van der Waals surface area contributed by atoms with Crippen molar-refractivity contribution in [1.82, 2.24) is 0 Å². The van der Waals surface area contributed by atoms with Gasteiger partial charge in [0.2, 0.25) is 0 Å². The molecule has 0 heterocycles. The first-order valence-electron chi connectivity index (χ1n) is 6.02. The van der Waals surface area contributed by atoms with E-state index in [1.807, 2.05) is 0 Å². The third-order valence-corrected chi connectivity index (χ3v) is 2.64. The van der Waals surface area contributed by atoms with Crippen LogP contribution >= 0.6 is 0 Å². The molecule has 0 aromatic heterocycles. The maximum atomic E-state index is 11.0. The molecule has 0 aliphatic heterocycles. The number of aliphatic carboxylic acids is 1. The van der Waals surface area contributed by atoms with Crippen molar-refractivity contribution in [1.29, 1.82) is 0 Å². The summed E-state index contributed by atoms with van der Waals surface area (Å²) < 4.78 is 9.94. The molecule has 0 aromatic rings. The van der Waals surface area contributed by atoms with E-state index in [-0.39, 0.29) is 12.4 Å². The highest BCUT2D eigenvalue weighted by atomic mass is 16.5. The molecular weight excluding hydrogens is 252 g/mol. The molecule has 0 radical (unpaired) electrons. The molecule has 0 aromatic carbocycles. The standard InChI is InChI=1S/C13H18O6/c1-3-18-10(14)6-4-5-7-19-9-8-13(2,17)11(9)12(15)16/h4,6,8,11,17H,3,5,7H2,1-2H3,(H,15,16)/b6-4+. The Hall–Kier alpha value is -1.82. The van der Waals surface area contributed by atoms with Crippen LogP contribution in [0.4, 0.5) is 0 Å². The molecule has 2 N–H and O–H groups in total. The second-order valence-corrected chi connectivity index (χ2v) is 4.34. The number of carbonyl (C=O) groups excluding carboxylic acids is 1. The largest absolute Gasteiger partial charge is 0.497 e. The summed E-state index contributed by atoms with van der Waals surface area (Å²) in [4.78, 5) is 21.9. The zero-order valence-corrected chi connectivity index (χ0v) is 11.0. The summed E-state index contributed by atoms with van der Waals surface area (Å²) in [5, 5.41) is 18.6. The number of carbonyl (C=O) groups is 2. The molecule has 106 valence electrons. The zero-order chi connectivity index (χ0) is 14.5. The van der Waals surface area contributed by atoms with Gasteiger partial charge in [0.15, 0.2) is 0 Å². The Labute approximate surface area is 111 Å². The fourth-order valence-corrected chi connectivity index (χ4v) is 1.76. The molecule has 2 unspecified atom stereocenters. The average molecular weight is 270 g/mol. The Morgan fingerprint density at radius 3 is 2.74 bits per heavy atom. The Bertz CT molecular complexity index is 407. The molecule has 19 heavy (non-hydrogen) atoms. The number of carboxylic acids is 1. The van der Waals surface area contributed by atoms with Crippen molar-refractivity contribution in [2.24, 2.45) is 5.92 Å². The van der Waals surface area contributed by atoms with Crippen molar-refractivity contribution >= 4 is 11.9 Å². The van der Waals surface area contributed by atoms with Crippen LogP contribution in [0.3, 0.4) is 0 Å². The third kappa shape index (κ3) is 4.10. The summed E-state index contributed by atoms with van der Waals surface area (Å²) >= 11 is 0. The highest BCUT2D eigenvalue weighted by Crippen LogP contribution is 2.37. The predicted octanol–water partition coefficient (Wildman–Crippen LogP) is 0.862. The van der Waals surface area contributed by atoms with Crippen LogP contribution in [-0.4, -0.2) is 41.0 Å². The van der Waals surface area contributed by atoms with Gasteiger partial charge in [0.05, 0.1) is 13.2 Å². The van der Waals surface area contributed by atoms with E-state index in [1.165, 1.54) is 19.1 Å².